The molecule has 0 bridgehead atoms. The van der Waals surface area contributed by atoms with E-state index in [-0.39, 0.29) is 24.2 Å². The lowest BCUT2D eigenvalue weighted by atomic mass is 9.72. The van der Waals surface area contributed by atoms with E-state index in [1.807, 2.05) is 13.8 Å². The molecule has 2 unspecified atom stereocenters. The van der Waals surface area contributed by atoms with Crippen LogP contribution in [0, 0.1) is 17.8 Å². The van der Waals surface area contributed by atoms with Crippen LogP contribution in [0.3, 0.4) is 0 Å². The van der Waals surface area contributed by atoms with E-state index in [0.717, 1.165) is 0 Å². The molecule has 2 atom stereocenters. The molecule has 0 heterocycles. The summed E-state index contributed by atoms with van der Waals surface area (Å²) < 4.78 is 5.19. The summed E-state index contributed by atoms with van der Waals surface area (Å²) >= 11 is 0. The molecule has 0 saturated carbocycles. The van der Waals surface area contributed by atoms with Gasteiger partial charge < -0.3 is 9.84 Å². The molecule has 0 saturated heterocycles. The molecule has 1 aliphatic carbocycles. The molecule has 1 rings (SSSR count). The average Bonchev–Trinajstić information content (AvgIpc) is 2.38. The van der Waals surface area contributed by atoms with Gasteiger partial charge in [-0.15, -0.1) is 0 Å². The van der Waals surface area contributed by atoms with Crippen molar-refractivity contribution in [2.24, 2.45) is 17.8 Å². The maximum absolute atomic E-state index is 12.4. The van der Waals surface area contributed by atoms with Gasteiger partial charge in [0.2, 0.25) is 0 Å². The smallest absolute Gasteiger partial charge is 0.316 e. The molecule has 0 spiro atoms. The Kier molecular flexibility index (Phi) is 5.28. The van der Waals surface area contributed by atoms with Gasteiger partial charge in [0, 0.05) is 5.92 Å². The number of allylic oxidation sites excluding steroid dienone is 2. The van der Waals surface area contributed by atoms with Crippen molar-refractivity contribution < 1.29 is 19.4 Å². The largest absolute Gasteiger partial charge is 0.465 e. The fraction of sp³-hybridized carbons (Fsp3) is 0.625. The Morgan fingerprint density at radius 3 is 2.45 bits per heavy atom. The van der Waals surface area contributed by atoms with E-state index >= 15 is 0 Å². The highest BCUT2D eigenvalue weighted by Gasteiger charge is 2.50. The standard InChI is InChI=1S/C16H24O4/c1-10(2)9-20-15(18)13-8-6-7-12(5)16(13,19)14(17)11(3)4/h6-8,10-11,13,19H,9H2,1-5H3. The number of hydrogen-bond acceptors (Lipinski definition) is 4. The number of hydrogen-bond donors (Lipinski definition) is 1. The van der Waals surface area contributed by atoms with Gasteiger partial charge in [-0.3, -0.25) is 9.59 Å². The number of Topliss-reactive ketones (excluding diaryl/α,β-unsaturated/α-hetero) is 1. The minimum Gasteiger partial charge on any atom is -0.465 e. The summed E-state index contributed by atoms with van der Waals surface area (Å²) in [6.07, 6.45) is 4.88. The van der Waals surface area contributed by atoms with Gasteiger partial charge in [0.15, 0.2) is 11.4 Å². The van der Waals surface area contributed by atoms with Crippen LogP contribution in [0.25, 0.3) is 0 Å². The van der Waals surface area contributed by atoms with Crippen molar-refractivity contribution in [3.05, 3.63) is 23.8 Å². The summed E-state index contributed by atoms with van der Waals surface area (Å²) in [6, 6.07) is 0. The van der Waals surface area contributed by atoms with E-state index in [1.54, 1.807) is 32.9 Å². The molecule has 0 fully saturated rings. The van der Waals surface area contributed by atoms with E-state index in [9.17, 15) is 14.7 Å². The molecule has 20 heavy (non-hydrogen) atoms. The van der Waals surface area contributed by atoms with Gasteiger partial charge >= 0.3 is 5.97 Å². The van der Waals surface area contributed by atoms with Crippen molar-refractivity contribution in [1.82, 2.24) is 0 Å². The van der Waals surface area contributed by atoms with Crippen LogP contribution in [0.2, 0.25) is 0 Å². The molecule has 0 aliphatic heterocycles. The molecular weight excluding hydrogens is 256 g/mol. The number of carbonyl (C=O) groups is 2. The Morgan fingerprint density at radius 1 is 1.35 bits per heavy atom. The van der Waals surface area contributed by atoms with E-state index in [0.29, 0.717) is 5.57 Å². The lowest BCUT2D eigenvalue weighted by Crippen LogP contribution is -2.52. The van der Waals surface area contributed by atoms with Crippen molar-refractivity contribution in [1.29, 1.82) is 0 Å². The number of carbonyl (C=O) groups excluding carboxylic acids is 2. The second-order valence-electron chi connectivity index (χ2n) is 6.02. The zero-order chi connectivity index (χ0) is 15.5. The predicted molar refractivity (Wildman–Crippen MR) is 77.0 cm³/mol. The fourth-order valence-electron chi connectivity index (χ4n) is 2.20. The highest BCUT2D eigenvalue weighted by molar-refractivity contribution is 5.97. The molecule has 4 nitrogen and oxygen atoms in total. The lowest BCUT2D eigenvalue weighted by molar-refractivity contribution is -0.161. The minimum atomic E-state index is -1.79. The van der Waals surface area contributed by atoms with Crippen molar-refractivity contribution in [2.45, 2.75) is 40.2 Å². The predicted octanol–water partition coefficient (Wildman–Crippen LogP) is 2.27. The van der Waals surface area contributed by atoms with Gasteiger partial charge in [-0.25, -0.2) is 0 Å². The second kappa shape index (κ2) is 6.35. The summed E-state index contributed by atoms with van der Waals surface area (Å²) in [6.45, 7) is 9.22. The number of ketones is 1. The number of aliphatic hydroxyl groups is 1. The van der Waals surface area contributed by atoms with Gasteiger partial charge in [-0.2, -0.15) is 0 Å². The third-order valence-electron chi connectivity index (χ3n) is 3.41. The third kappa shape index (κ3) is 3.18. The Labute approximate surface area is 120 Å². The SMILES string of the molecule is CC1=CC=CC(C(=O)OCC(C)C)C1(O)C(=O)C(C)C. The Morgan fingerprint density at radius 2 is 1.95 bits per heavy atom. The van der Waals surface area contributed by atoms with Gasteiger partial charge in [-0.1, -0.05) is 45.9 Å². The summed E-state index contributed by atoms with van der Waals surface area (Å²) in [5.41, 5.74) is -1.32. The molecule has 4 heteroatoms. The molecule has 1 aliphatic rings. The average molecular weight is 280 g/mol. The normalized spacial score (nSPS) is 25.8. The minimum absolute atomic E-state index is 0.206. The van der Waals surface area contributed by atoms with Crippen molar-refractivity contribution in [3.8, 4) is 0 Å². The zero-order valence-electron chi connectivity index (χ0n) is 12.8. The molecule has 0 radical (unpaired) electrons. The maximum atomic E-state index is 12.4. The molecule has 112 valence electrons. The number of esters is 1. The van der Waals surface area contributed by atoms with Crippen LogP contribution in [0.5, 0.6) is 0 Å². The summed E-state index contributed by atoms with van der Waals surface area (Å²) in [5, 5.41) is 10.8. The first-order valence-corrected chi connectivity index (χ1v) is 7.00. The van der Waals surface area contributed by atoms with Crippen LogP contribution in [0.15, 0.2) is 23.8 Å². The monoisotopic (exact) mass is 280 g/mol. The first-order valence-electron chi connectivity index (χ1n) is 7.00. The molecule has 0 aromatic rings. The maximum Gasteiger partial charge on any atom is 0.316 e. The summed E-state index contributed by atoms with van der Waals surface area (Å²) in [7, 11) is 0. The first kappa shape index (κ1) is 16.6. The Bertz CT molecular complexity index is 445. The highest BCUT2D eigenvalue weighted by Crippen LogP contribution is 2.34. The number of ether oxygens (including phenoxy) is 1. The van der Waals surface area contributed by atoms with Crippen LogP contribution in [-0.4, -0.2) is 29.1 Å². The van der Waals surface area contributed by atoms with Crippen LogP contribution in [-0.2, 0) is 14.3 Å². The summed E-state index contributed by atoms with van der Waals surface area (Å²) in [5.74, 6) is -2.05. The highest BCUT2D eigenvalue weighted by atomic mass is 16.5. The third-order valence-corrected chi connectivity index (χ3v) is 3.41. The van der Waals surface area contributed by atoms with E-state index < -0.39 is 17.5 Å². The molecular formula is C16H24O4. The van der Waals surface area contributed by atoms with Crippen LogP contribution in [0.1, 0.15) is 34.6 Å². The molecule has 1 N–H and O–H groups in total. The van der Waals surface area contributed by atoms with E-state index in [4.69, 9.17) is 4.74 Å². The quantitative estimate of drug-likeness (QED) is 0.785. The topological polar surface area (TPSA) is 63.6 Å². The Balaban J connectivity index is 3.04. The lowest BCUT2D eigenvalue weighted by Gasteiger charge is -2.36. The second-order valence-corrected chi connectivity index (χ2v) is 6.02. The van der Waals surface area contributed by atoms with Gasteiger partial charge in [0.05, 0.1) is 6.61 Å². The van der Waals surface area contributed by atoms with Crippen molar-refractivity contribution >= 4 is 11.8 Å². The Hall–Kier alpha value is -1.42. The fourth-order valence-corrected chi connectivity index (χ4v) is 2.20. The van der Waals surface area contributed by atoms with E-state index in [2.05, 4.69) is 0 Å². The molecule has 0 amide bonds. The van der Waals surface area contributed by atoms with Crippen LogP contribution < -0.4 is 0 Å². The van der Waals surface area contributed by atoms with Crippen LogP contribution in [0.4, 0.5) is 0 Å². The van der Waals surface area contributed by atoms with Gasteiger partial charge in [-0.05, 0) is 18.4 Å². The van der Waals surface area contributed by atoms with E-state index in [1.165, 1.54) is 6.08 Å². The van der Waals surface area contributed by atoms with Crippen LogP contribution >= 0.6 is 0 Å². The zero-order valence-corrected chi connectivity index (χ0v) is 12.8. The van der Waals surface area contributed by atoms with Gasteiger partial charge in [0.25, 0.3) is 0 Å². The van der Waals surface area contributed by atoms with Crippen molar-refractivity contribution in [2.75, 3.05) is 6.61 Å². The van der Waals surface area contributed by atoms with Gasteiger partial charge in [0.1, 0.15) is 5.92 Å². The first-order chi connectivity index (χ1) is 9.21. The summed E-state index contributed by atoms with van der Waals surface area (Å²) in [4.78, 5) is 24.5. The number of rotatable bonds is 5. The molecule has 0 aromatic carbocycles. The molecule has 0 aromatic heterocycles. The van der Waals surface area contributed by atoms with Crippen molar-refractivity contribution in [3.63, 3.8) is 0 Å².